The van der Waals surface area contributed by atoms with Gasteiger partial charge in [0.2, 0.25) is 0 Å². The van der Waals surface area contributed by atoms with Gasteiger partial charge in [-0.25, -0.2) is 27.9 Å². The van der Waals surface area contributed by atoms with Crippen LogP contribution in [0.3, 0.4) is 0 Å². The van der Waals surface area contributed by atoms with Crippen molar-refractivity contribution >= 4 is 11.6 Å². The van der Waals surface area contributed by atoms with Crippen LogP contribution in [0.2, 0.25) is 0 Å². The lowest BCUT2D eigenvalue weighted by Crippen LogP contribution is -2.30. The molecular weight excluding hydrogens is 307 g/mol. The molecule has 1 amide bonds. The van der Waals surface area contributed by atoms with Crippen LogP contribution in [-0.4, -0.2) is 26.4 Å². The van der Waals surface area contributed by atoms with E-state index in [1.807, 2.05) is 0 Å². The number of fused-ring (bicyclic) bond motifs is 2. The Hall–Kier alpha value is -2.84. The number of amides is 1. The second kappa shape index (κ2) is 4.83. The summed E-state index contributed by atoms with van der Waals surface area (Å²) in [5.41, 5.74) is -1.13. The SMILES string of the molecule is O=C1COc2cc(F)c(-n3c(=O)n4n(c3=O)CCCC4)cc2N1. The molecule has 2 aromatic rings. The van der Waals surface area contributed by atoms with E-state index in [0.717, 1.165) is 23.5 Å². The van der Waals surface area contributed by atoms with Gasteiger partial charge in [0.1, 0.15) is 5.75 Å². The Morgan fingerprint density at radius 1 is 1.04 bits per heavy atom. The van der Waals surface area contributed by atoms with Crippen LogP contribution in [0.25, 0.3) is 5.69 Å². The second-order valence-electron chi connectivity index (χ2n) is 5.49. The first-order chi connectivity index (χ1) is 11.1. The predicted octanol–water partition coefficient (Wildman–Crippen LogP) is 0.0645. The van der Waals surface area contributed by atoms with Gasteiger partial charge in [0.15, 0.2) is 12.4 Å². The highest BCUT2D eigenvalue weighted by atomic mass is 19.1. The van der Waals surface area contributed by atoms with Gasteiger partial charge in [-0.1, -0.05) is 0 Å². The molecule has 0 bridgehead atoms. The maximum absolute atomic E-state index is 14.4. The summed E-state index contributed by atoms with van der Waals surface area (Å²) in [6.45, 7) is 0.649. The zero-order valence-electron chi connectivity index (χ0n) is 12.0. The number of carbonyl (C=O) groups excluding carboxylic acids is 1. The molecule has 0 radical (unpaired) electrons. The summed E-state index contributed by atoms with van der Waals surface area (Å²) in [6.07, 6.45) is 1.58. The highest BCUT2D eigenvalue weighted by Crippen LogP contribution is 2.31. The molecule has 2 aliphatic rings. The number of hydrogen-bond donors (Lipinski definition) is 1. The third-order valence-corrected chi connectivity index (χ3v) is 4.03. The Bertz CT molecular complexity index is 902. The average molecular weight is 320 g/mol. The minimum atomic E-state index is -0.761. The van der Waals surface area contributed by atoms with Crippen molar-refractivity contribution in [1.82, 2.24) is 13.9 Å². The van der Waals surface area contributed by atoms with Crippen molar-refractivity contribution in [3.05, 3.63) is 38.9 Å². The number of ether oxygens (including phenoxy) is 1. The molecule has 4 rings (SSSR count). The topological polar surface area (TPSA) is 87.3 Å². The van der Waals surface area contributed by atoms with E-state index in [1.165, 1.54) is 15.4 Å². The van der Waals surface area contributed by atoms with Gasteiger partial charge < -0.3 is 10.1 Å². The number of anilines is 1. The Labute approximate surface area is 128 Å². The van der Waals surface area contributed by atoms with Crippen molar-refractivity contribution in [2.45, 2.75) is 25.9 Å². The molecule has 2 aliphatic heterocycles. The maximum atomic E-state index is 14.4. The molecular formula is C14H13FN4O4. The summed E-state index contributed by atoms with van der Waals surface area (Å²) in [5, 5.41) is 2.54. The number of nitrogens with zero attached hydrogens (tertiary/aromatic N) is 3. The molecule has 8 nitrogen and oxygen atoms in total. The van der Waals surface area contributed by atoms with Gasteiger partial charge in [-0.15, -0.1) is 0 Å². The number of carbonyl (C=O) groups is 1. The molecule has 0 aliphatic carbocycles. The molecule has 23 heavy (non-hydrogen) atoms. The van der Waals surface area contributed by atoms with Crippen LogP contribution in [0, 0.1) is 5.82 Å². The summed E-state index contributed by atoms with van der Waals surface area (Å²) in [6, 6.07) is 2.31. The lowest BCUT2D eigenvalue weighted by Gasteiger charge is -2.18. The van der Waals surface area contributed by atoms with E-state index >= 15 is 0 Å². The predicted molar refractivity (Wildman–Crippen MR) is 77.6 cm³/mol. The summed E-state index contributed by atoms with van der Waals surface area (Å²) >= 11 is 0. The number of halogens is 1. The largest absolute Gasteiger partial charge is 0.481 e. The van der Waals surface area contributed by atoms with Gasteiger partial charge in [-0.05, 0) is 18.9 Å². The van der Waals surface area contributed by atoms with Crippen LogP contribution in [0.1, 0.15) is 12.8 Å². The van der Waals surface area contributed by atoms with Gasteiger partial charge in [-0.3, -0.25) is 4.79 Å². The molecule has 9 heteroatoms. The monoisotopic (exact) mass is 320 g/mol. The molecule has 3 heterocycles. The first-order valence-electron chi connectivity index (χ1n) is 7.25. The smallest absolute Gasteiger partial charge is 0.351 e. The summed E-state index contributed by atoms with van der Waals surface area (Å²) < 4.78 is 22.9. The molecule has 1 aromatic heterocycles. The maximum Gasteiger partial charge on any atom is 0.351 e. The Morgan fingerprint density at radius 3 is 2.35 bits per heavy atom. The van der Waals surface area contributed by atoms with E-state index in [0.29, 0.717) is 13.1 Å². The highest BCUT2D eigenvalue weighted by molar-refractivity contribution is 5.95. The Morgan fingerprint density at radius 2 is 1.70 bits per heavy atom. The fourth-order valence-corrected chi connectivity index (χ4v) is 2.94. The molecule has 0 atom stereocenters. The van der Waals surface area contributed by atoms with E-state index in [-0.39, 0.29) is 29.6 Å². The van der Waals surface area contributed by atoms with Crippen molar-refractivity contribution in [3.63, 3.8) is 0 Å². The highest BCUT2D eigenvalue weighted by Gasteiger charge is 2.24. The van der Waals surface area contributed by atoms with E-state index in [2.05, 4.69) is 5.32 Å². The number of benzene rings is 1. The van der Waals surface area contributed by atoms with Crippen LogP contribution >= 0.6 is 0 Å². The van der Waals surface area contributed by atoms with Gasteiger partial charge >= 0.3 is 11.4 Å². The second-order valence-corrected chi connectivity index (χ2v) is 5.49. The summed E-state index contributed by atoms with van der Waals surface area (Å²) in [4.78, 5) is 36.3. The van der Waals surface area contributed by atoms with Gasteiger partial charge in [0.05, 0.1) is 11.4 Å². The van der Waals surface area contributed by atoms with Gasteiger partial charge in [-0.2, -0.15) is 0 Å². The number of aromatic nitrogens is 3. The Kier molecular flexibility index (Phi) is 2.90. The summed E-state index contributed by atoms with van der Waals surface area (Å²) in [7, 11) is 0. The number of rotatable bonds is 1. The molecule has 0 fully saturated rings. The molecule has 1 aromatic carbocycles. The fraction of sp³-hybridized carbons (Fsp3) is 0.357. The Balaban J connectivity index is 1.94. The van der Waals surface area contributed by atoms with Crippen molar-refractivity contribution in [2.75, 3.05) is 11.9 Å². The lowest BCUT2D eigenvalue weighted by molar-refractivity contribution is -0.118. The van der Waals surface area contributed by atoms with E-state index in [4.69, 9.17) is 4.74 Å². The molecule has 1 N–H and O–H groups in total. The normalized spacial score (nSPS) is 16.3. The number of hydrogen-bond acceptors (Lipinski definition) is 4. The van der Waals surface area contributed by atoms with Crippen molar-refractivity contribution in [2.24, 2.45) is 0 Å². The average Bonchev–Trinajstić information content (AvgIpc) is 2.79. The molecule has 0 spiro atoms. The van der Waals surface area contributed by atoms with Gasteiger partial charge in [0, 0.05) is 19.2 Å². The van der Waals surface area contributed by atoms with Crippen molar-refractivity contribution in [1.29, 1.82) is 0 Å². The van der Waals surface area contributed by atoms with E-state index in [9.17, 15) is 18.8 Å². The third-order valence-electron chi connectivity index (χ3n) is 4.03. The zero-order chi connectivity index (χ0) is 16.1. The van der Waals surface area contributed by atoms with Crippen LogP contribution in [0.5, 0.6) is 5.75 Å². The molecule has 0 unspecified atom stereocenters. The quantitative estimate of drug-likeness (QED) is 0.805. The lowest BCUT2D eigenvalue weighted by atomic mass is 10.2. The van der Waals surface area contributed by atoms with Crippen LogP contribution < -0.4 is 21.4 Å². The first kappa shape index (κ1) is 13.8. The minimum absolute atomic E-state index is 0.169. The first-order valence-corrected chi connectivity index (χ1v) is 7.25. The van der Waals surface area contributed by atoms with Crippen LogP contribution in [0.15, 0.2) is 21.7 Å². The van der Waals surface area contributed by atoms with Gasteiger partial charge in [0.25, 0.3) is 5.91 Å². The minimum Gasteiger partial charge on any atom is -0.481 e. The van der Waals surface area contributed by atoms with Crippen molar-refractivity contribution in [3.8, 4) is 11.4 Å². The van der Waals surface area contributed by atoms with Crippen LogP contribution in [-0.2, 0) is 17.9 Å². The third kappa shape index (κ3) is 2.00. The van der Waals surface area contributed by atoms with Crippen LogP contribution in [0.4, 0.5) is 10.1 Å². The molecule has 0 saturated carbocycles. The van der Waals surface area contributed by atoms with E-state index < -0.39 is 17.2 Å². The standard InChI is InChI=1S/C14H13FN4O4/c15-8-5-11-9(16-12(20)7-23-11)6-10(8)19-13(21)17-3-1-2-4-18(17)14(19)22/h5-6H,1-4,7H2,(H,16,20). The van der Waals surface area contributed by atoms with E-state index in [1.54, 1.807) is 0 Å². The molecule has 120 valence electrons. The fourth-order valence-electron chi connectivity index (χ4n) is 2.94. The van der Waals surface area contributed by atoms with Crippen molar-refractivity contribution < 1.29 is 13.9 Å². The number of nitrogens with one attached hydrogen (secondary N) is 1. The molecule has 0 saturated heterocycles. The zero-order valence-corrected chi connectivity index (χ0v) is 12.0. The summed E-state index contributed by atoms with van der Waals surface area (Å²) in [5.74, 6) is -0.971.